The number of nitro groups is 2. The quantitative estimate of drug-likeness (QED) is 0.366. The lowest BCUT2D eigenvalue weighted by atomic mass is 9.77. The van der Waals surface area contributed by atoms with Crippen LogP contribution in [0, 0.1) is 32.1 Å². The summed E-state index contributed by atoms with van der Waals surface area (Å²) >= 11 is 0. The molecule has 1 aliphatic heterocycles. The SMILES string of the molecule is O=C(C1CCCCC1)N1N=C2/C(=C/c3cccc([N+](=O)[O-])c3)CCCC2C1c1cccc([N+](=O)[O-])c1. The summed E-state index contributed by atoms with van der Waals surface area (Å²) in [4.78, 5) is 35.6. The van der Waals surface area contributed by atoms with Crippen LogP contribution in [0.4, 0.5) is 11.4 Å². The normalized spacial score (nSPS) is 23.3. The summed E-state index contributed by atoms with van der Waals surface area (Å²) in [6.07, 6.45) is 9.21. The van der Waals surface area contributed by atoms with E-state index in [1.54, 1.807) is 23.2 Å². The van der Waals surface area contributed by atoms with Gasteiger partial charge in [-0.3, -0.25) is 25.0 Å². The molecule has 36 heavy (non-hydrogen) atoms. The van der Waals surface area contributed by atoms with Crippen molar-refractivity contribution in [2.75, 3.05) is 0 Å². The molecule has 1 amide bonds. The first-order chi connectivity index (χ1) is 17.4. The van der Waals surface area contributed by atoms with E-state index in [9.17, 15) is 25.0 Å². The molecule has 0 radical (unpaired) electrons. The molecule has 0 N–H and O–H groups in total. The lowest BCUT2D eigenvalue weighted by Gasteiger charge is -2.32. The van der Waals surface area contributed by atoms with Gasteiger partial charge in [-0.1, -0.05) is 43.5 Å². The van der Waals surface area contributed by atoms with Crippen LogP contribution in [0.25, 0.3) is 6.08 Å². The predicted molar refractivity (Wildman–Crippen MR) is 135 cm³/mol. The number of hydrazone groups is 1. The van der Waals surface area contributed by atoms with Crippen LogP contribution in [-0.4, -0.2) is 26.5 Å². The van der Waals surface area contributed by atoms with Crippen LogP contribution in [-0.2, 0) is 4.79 Å². The van der Waals surface area contributed by atoms with Gasteiger partial charge in [0.05, 0.1) is 21.6 Å². The molecule has 9 nitrogen and oxygen atoms in total. The van der Waals surface area contributed by atoms with Gasteiger partial charge in [0.25, 0.3) is 11.4 Å². The summed E-state index contributed by atoms with van der Waals surface area (Å²) < 4.78 is 0. The number of non-ortho nitro benzene ring substituents is 2. The molecule has 0 bridgehead atoms. The number of rotatable bonds is 5. The van der Waals surface area contributed by atoms with Crippen molar-refractivity contribution < 1.29 is 14.6 Å². The van der Waals surface area contributed by atoms with Crippen LogP contribution in [0.1, 0.15) is 68.5 Å². The largest absolute Gasteiger partial charge is 0.273 e. The fourth-order valence-corrected chi connectivity index (χ4v) is 5.80. The fraction of sp³-hybridized carbons (Fsp3) is 0.407. The summed E-state index contributed by atoms with van der Waals surface area (Å²) in [5, 5.41) is 29.2. The number of nitrogens with zero attached hydrogens (tertiary/aromatic N) is 4. The molecule has 1 heterocycles. The second kappa shape index (κ2) is 10.0. The predicted octanol–water partition coefficient (Wildman–Crippen LogP) is 6.21. The summed E-state index contributed by atoms with van der Waals surface area (Å²) in [6, 6.07) is 12.6. The molecular formula is C27H28N4O5. The van der Waals surface area contributed by atoms with Gasteiger partial charge in [-0.15, -0.1) is 0 Å². The van der Waals surface area contributed by atoms with E-state index >= 15 is 0 Å². The Bertz CT molecular complexity index is 1260. The number of hydrogen-bond donors (Lipinski definition) is 0. The molecule has 2 aromatic carbocycles. The maximum Gasteiger partial charge on any atom is 0.270 e. The van der Waals surface area contributed by atoms with Gasteiger partial charge in [0.2, 0.25) is 5.91 Å². The Morgan fingerprint density at radius 1 is 0.917 bits per heavy atom. The van der Waals surface area contributed by atoms with Gasteiger partial charge in [0.15, 0.2) is 0 Å². The summed E-state index contributed by atoms with van der Waals surface area (Å²) in [5.74, 6) is -0.185. The number of nitro benzene ring substituents is 2. The summed E-state index contributed by atoms with van der Waals surface area (Å²) in [7, 11) is 0. The topological polar surface area (TPSA) is 119 Å². The number of carbonyl (C=O) groups excluding carboxylic acids is 1. The number of benzene rings is 2. The van der Waals surface area contributed by atoms with Crippen LogP contribution in [0.2, 0.25) is 0 Å². The first kappa shape index (κ1) is 23.8. The Morgan fingerprint density at radius 3 is 2.33 bits per heavy atom. The second-order valence-electron chi connectivity index (χ2n) is 9.82. The lowest BCUT2D eigenvalue weighted by molar-refractivity contribution is -0.385. The zero-order valence-electron chi connectivity index (χ0n) is 19.9. The van der Waals surface area contributed by atoms with Crippen LogP contribution >= 0.6 is 0 Å². The Hall–Kier alpha value is -3.88. The third kappa shape index (κ3) is 4.65. The second-order valence-corrected chi connectivity index (χ2v) is 9.82. The van der Waals surface area contributed by atoms with Gasteiger partial charge in [0.1, 0.15) is 0 Å². The van der Waals surface area contributed by atoms with Crippen LogP contribution < -0.4 is 0 Å². The Morgan fingerprint density at radius 2 is 1.61 bits per heavy atom. The van der Waals surface area contributed by atoms with Gasteiger partial charge in [0, 0.05) is 36.1 Å². The maximum atomic E-state index is 13.7. The van der Waals surface area contributed by atoms with E-state index in [1.165, 1.54) is 18.2 Å². The molecule has 2 aliphatic carbocycles. The van der Waals surface area contributed by atoms with Gasteiger partial charge in [-0.25, -0.2) is 5.01 Å². The van der Waals surface area contributed by atoms with Crippen LogP contribution in [0.15, 0.2) is 59.2 Å². The summed E-state index contributed by atoms with van der Waals surface area (Å²) in [6.45, 7) is 0. The Kier molecular flexibility index (Phi) is 6.63. The summed E-state index contributed by atoms with van der Waals surface area (Å²) in [5.41, 5.74) is 3.22. The minimum absolute atomic E-state index is 0.00538. The molecule has 2 fully saturated rings. The monoisotopic (exact) mass is 488 g/mol. The Balaban J connectivity index is 1.55. The molecule has 3 aliphatic rings. The van der Waals surface area contributed by atoms with Crippen molar-refractivity contribution in [3.8, 4) is 0 Å². The van der Waals surface area contributed by atoms with Gasteiger partial charge >= 0.3 is 0 Å². The van der Waals surface area contributed by atoms with Crippen molar-refractivity contribution in [1.29, 1.82) is 0 Å². The standard InChI is InChI=1S/C27H28N4O5/c32-27(19-8-2-1-3-9-19)29-26(21-11-5-13-23(17-21)31(35)36)24-14-6-10-20(25(24)28-29)15-18-7-4-12-22(16-18)30(33)34/h4-5,7,11-13,15-17,19,24,26H,1-3,6,8-10,14H2/b20-15+. The first-order valence-corrected chi connectivity index (χ1v) is 12.5. The highest BCUT2D eigenvalue weighted by Gasteiger charge is 2.45. The van der Waals surface area contributed by atoms with Crippen molar-refractivity contribution >= 4 is 29.1 Å². The molecule has 0 aromatic heterocycles. The molecule has 2 aromatic rings. The van der Waals surface area contributed by atoms with E-state index < -0.39 is 15.9 Å². The van der Waals surface area contributed by atoms with E-state index in [0.29, 0.717) is 11.1 Å². The fourth-order valence-electron chi connectivity index (χ4n) is 5.80. The third-order valence-electron chi connectivity index (χ3n) is 7.53. The van der Waals surface area contributed by atoms with Gasteiger partial charge < -0.3 is 0 Å². The average molecular weight is 489 g/mol. The van der Waals surface area contributed by atoms with Crippen molar-refractivity contribution in [2.45, 2.75) is 57.4 Å². The van der Waals surface area contributed by atoms with Crippen molar-refractivity contribution in [3.05, 3.63) is 85.5 Å². The molecule has 2 unspecified atom stereocenters. The molecule has 9 heteroatoms. The van der Waals surface area contributed by atoms with E-state index in [2.05, 4.69) is 0 Å². The van der Waals surface area contributed by atoms with E-state index in [-0.39, 0.29) is 29.1 Å². The van der Waals surface area contributed by atoms with E-state index in [1.807, 2.05) is 18.2 Å². The highest BCUT2D eigenvalue weighted by molar-refractivity contribution is 6.08. The van der Waals surface area contributed by atoms with Gasteiger partial charge in [-0.2, -0.15) is 5.10 Å². The lowest BCUT2D eigenvalue weighted by Crippen LogP contribution is -2.36. The van der Waals surface area contributed by atoms with Crippen LogP contribution in [0.3, 0.4) is 0 Å². The molecule has 2 atom stereocenters. The zero-order chi connectivity index (χ0) is 25.2. The Labute approximate surface area is 208 Å². The number of amides is 1. The van der Waals surface area contributed by atoms with Crippen molar-refractivity contribution in [1.82, 2.24) is 5.01 Å². The number of carbonyl (C=O) groups is 1. The molecule has 0 saturated heterocycles. The first-order valence-electron chi connectivity index (χ1n) is 12.5. The van der Waals surface area contributed by atoms with Gasteiger partial charge in [-0.05, 0) is 54.9 Å². The van der Waals surface area contributed by atoms with E-state index in [0.717, 1.165) is 62.7 Å². The molecule has 2 saturated carbocycles. The average Bonchev–Trinajstić information content (AvgIpc) is 3.29. The van der Waals surface area contributed by atoms with Crippen molar-refractivity contribution in [2.24, 2.45) is 16.9 Å². The molecule has 0 spiro atoms. The minimum Gasteiger partial charge on any atom is -0.273 e. The third-order valence-corrected chi connectivity index (χ3v) is 7.53. The maximum absolute atomic E-state index is 13.7. The molecule has 5 rings (SSSR count). The smallest absolute Gasteiger partial charge is 0.270 e. The van der Waals surface area contributed by atoms with Crippen LogP contribution in [0.5, 0.6) is 0 Å². The highest BCUT2D eigenvalue weighted by Crippen LogP contribution is 2.46. The van der Waals surface area contributed by atoms with Crippen molar-refractivity contribution in [3.63, 3.8) is 0 Å². The molecule has 186 valence electrons. The molecular weight excluding hydrogens is 460 g/mol. The van der Waals surface area contributed by atoms with E-state index in [4.69, 9.17) is 5.10 Å². The minimum atomic E-state index is -0.415. The number of fused-ring (bicyclic) bond motifs is 1. The number of hydrogen-bond acceptors (Lipinski definition) is 6. The zero-order valence-corrected chi connectivity index (χ0v) is 19.9. The number of allylic oxidation sites excluding steroid dienone is 1. The highest BCUT2D eigenvalue weighted by atomic mass is 16.6.